The van der Waals surface area contributed by atoms with Crippen LogP contribution in [0.2, 0.25) is 0 Å². The van der Waals surface area contributed by atoms with E-state index in [4.69, 9.17) is 0 Å². The number of quaternary nitrogens is 1. The van der Waals surface area contributed by atoms with Gasteiger partial charge in [-0.1, -0.05) is 0 Å². The first kappa shape index (κ1) is 9.13. The predicted molar refractivity (Wildman–Crippen MR) is 48.5 cm³/mol. The van der Waals surface area contributed by atoms with Gasteiger partial charge in [-0.25, -0.2) is 0 Å². The van der Waals surface area contributed by atoms with Gasteiger partial charge in [-0.05, 0) is 19.1 Å². The molecular weight excluding hydrogens is 150 g/mol. The van der Waals surface area contributed by atoms with Crippen molar-refractivity contribution in [2.24, 2.45) is 0 Å². The lowest BCUT2D eigenvalue weighted by molar-refractivity contribution is -0.884. The van der Waals surface area contributed by atoms with E-state index < -0.39 is 0 Å². The summed E-state index contributed by atoms with van der Waals surface area (Å²) >= 11 is 0. The van der Waals surface area contributed by atoms with Gasteiger partial charge < -0.3 is 4.48 Å². The van der Waals surface area contributed by atoms with Crippen molar-refractivity contribution in [3.63, 3.8) is 0 Å². The number of nitrogens with zero attached hydrogens (tertiary/aromatic N) is 3. The largest absolute Gasteiger partial charge is 0.326 e. The molecule has 1 rings (SSSR count). The molecule has 1 aromatic rings. The average molecular weight is 166 g/mol. The van der Waals surface area contributed by atoms with Gasteiger partial charge in [-0.15, -0.1) is 5.10 Å². The van der Waals surface area contributed by atoms with Gasteiger partial charge in [0.1, 0.15) is 12.2 Å². The van der Waals surface area contributed by atoms with E-state index in [1.54, 1.807) is 0 Å². The van der Waals surface area contributed by atoms with Crippen molar-refractivity contribution >= 4 is 0 Å². The number of aryl methyl sites for hydroxylation is 1. The van der Waals surface area contributed by atoms with Crippen LogP contribution in [-0.4, -0.2) is 35.8 Å². The lowest BCUT2D eigenvalue weighted by Gasteiger charge is -2.22. The van der Waals surface area contributed by atoms with Crippen molar-refractivity contribution in [3.8, 4) is 0 Å². The lowest BCUT2D eigenvalue weighted by Crippen LogP contribution is -2.33. The summed E-state index contributed by atoms with van der Waals surface area (Å²) in [6.45, 7) is 2.87. The van der Waals surface area contributed by atoms with Crippen LogP contribution >= 0.6 is 0 Å². The first-order valence-electron chi connectivity index (χ1n) is 4.07. The minimum Gasteiger partial charge on any atom is -0.326 e. The maximum Gasteiger partial charge on any atom is 0.123 e. The molecule has 0 N–H and O–H groups in total. The predicted octanol–water partition coefficient (Wildman–Crippen LogP) is 0.991. The third-order valence-electron chi connectivity index (χ3n) is 1.49. The van der Waals surface area contributed by atoms with Crippen LogP contribution < -0.4 is 0 Å². The van der Waals surface area contributed by atoms with E-state index in [0.29, 0.717) is 0 Å². The van der Waals surface area contributed by atoms with Gasteiger partial charge in [0.2, 0.25) is 0 Å². The first-order valence-corrected chi connectivity index (χ1v) is 4.07. The second-order valence-electron chi connectivity index (χ2n) is 4.11. The average Bonchev–Trinajstić information content (AvgIpc) is 1.91. The maximum absolute atomic E-state index is 4.10. The van der Waals surface area contributed by atoms with Crippen molar-refractivity contribution < 1.29 is 4.48 Å². The Morgan fingerprint density at radius 1 is 1.17 bits per heavy atom. The molecule has 66 valence electrons. The molecule has 0 aromatic carbocycles. The number of hydrogen-bond donors (Lipinski definition) is 0. The van der Waals surface area contributed by atoms with Crippen molar-refractivity contribution in [2.45, 2.75) is 13.5 Å². The summed E-state index contributed by atoms with van der Waals surface area (Å²) < 4.78 is 0.887. The Bertz CT molecular complexity index is 245. The molecule has 0 amide bonds. The standard InChI is InChI=1S/C9H16N3/c1-8-5-6-9(11-10-8)7-12(2,3)4/h5-6H,7H2,1-4H3/q+1. The van der Waals surface area contributed by atoms with Gasteiger partial charge >= 0.3 is 0 Å². The van der Waals surface area contributed by atoms with Crippen LogP contribution in [0, 0.1) is 6.92 Å². The van der Waals surface area contributed by atoms with Crippen molar-refractivity contribution in [3.05, 3.63) is 23.5 Å². The Morgan fingerprint density at radius 3 is 2.25 bits per heavy atom. The molecule has 0 unspecified atom stereocenters. The highest BCUT2D eigenvalue weighted by molar-refractivity contribution is 5.03. The molecule has 0 aliphatic rings. The highest BCUT2D eigenvalue weighted by atomic mass is 15.3. The van der Waals surface area contributed by atoms with Gasteiger partial charge in [0, 0.05) is 0 Å². The second kappa shape index (κ2) is 3.19. The van der Waals surface area contributed by atoms with E-state index in [0.717, 1.165) is 22.4 Å². The van der Waals surface area contributed by atoms with Crippen molar-refractivity contribution in [1.29, 1.82) is 0 Å². The molecule has 0 saturated heterocycles. The fraction of sp³-hybridized carbons (Fsp3) is 0.556. The molecule has 3 nitrogen and oxygen atoms in total. The van der Waals surface area contributed by atoms with E-state index in [1.807, 2.05) is 19.1 Å². The van der Waals surface area contributed by atoms with E-state index >= 15 is 0 Å². The fourth-order valence-electron chi connectivity index (χ4n) is 0.997. The third kappa shape index (κ3) is 2.96. The number of aromatic nitrogens is 2. The summed E-state index contributed by atoms with van der Waals surface area (Å²) in [7, 11) is 6.42. The zero-order valence-corrected chi connectivity index (χ0v) is 8.20. The minimum absolute atomic E-state index is 0.887. The third-order valence-corrected chi connectivity index (χ3v) is 1.49. The molecule has 1 aromatic heterocycles. The summed E-state index contributed by atoms with van der Waals surface area (Å²) in [5.74, 6) is 0. The van der Waals surface area contributed by atoms with E-state index in [2.05, 4.69) is 31.3 Å². The maximum atomic E-state index is 4.10. The number of rotatable bonds is 2. The zero-order valence-electron chi connectivity index (χ0n) is 8.20. The zero-order chi connectivity index (χ0) is 9.19. The first-order chi connectivity index (χ1) is 5.47. The smallest absolute Gasteiger partial charge is 0.123 e. The highest BCUT2D eigenvalue weighted by Crippen LogP contribution is 2.02. The van der Waals surface area contributed by atoms with Crippen molar-refractivity contribution in [1.82, 2.24) is 10.2 Å². The van der Waals surface area contributed by atoms with E-state index in [-0.39, 0.29) is 0 Å². The Hall–Kier alpha value is -0.960. The van der Waals surface area contributed by atoms with Crippen LogP contribution in [0.3, 0.4) is 0 Å². The molecule has 1 heterocycles. The molecule has 0 atom stereocenters. The SMILES string of the molecule is Cc1ccc(C[N+](C)(C)C)nn1. The van der Waals surface area contributed by atoms with Gasteiger partial charge in [0.25, 0.3) is 0 Å². The highest BCUT2D eigenvalue weighted by Gasteiger charge is 2.09. The molecule has 12 heavy (non-hydrogen) atoms. The van der Waals surface area contributed by atoms with Gasteiger partial charge in [-0.2, -0.15) is 5.10 Å². The van der Waals surface area contributed by atoms with Crippen LogP contribution in [0.15, 0.2) is 12.1 Å². The summed E-state index contributed by atoms with van der Waals surface area (Å²) in [6, 6.07) is 4.03. The fourth-order valence-corrected chi connectivity index (χ4v) is 0.997. The van der Waals surface area contributed by atoms with Gasteiger partial charge in [-0.3, -0.25) is 0 Å². The van der Waals surface area contributed by atoms with Crippen LogP contribution in [0.1, 0.15) is 11.4 Å². The Balaban J connectivity index is 2.71. The van der Waals surface area contributed by atoms with Gasteiger partial charge in [0.15, 0.2) is 0 Å². The van der Waals surface area contributed by atoms with E-state index in [1.165, 1.54) is 0 Å². The Morgan fingerprint density at radius 2 is 1.83 bits per heavy atom. The van der Waals surface area contributed by atoms with Crippen LogP contribution in [0.25, 0.3) is 0 Å². The number of hydrogen-bond acceptors (Lipinski definition) is 2. The molecule has 3 heteroatoms. The Kier molecular flexibility index (Phi) is 2.43. The quantitative estimate of drug-likeness (QED) is 0.612. The topological polar surface area (TPSA) is 25.8 Å². The Labute approximate surface area is 73.6 Å². The van der Waals surface area contributed by atoms with Crippen LogP contribution in [0.4, 0.5) is 0 Å². The molecule has 0 fully saturated rings. The second-order valence-corrected chi connectivity index (χ2v) is 4.11. The molecule has 0 aliphatic carbocycles. The summed E-state index contributed by atoms with van der Waals surface area (Å²) in [6.07, 6.45) is 0. The minimum atomic E-state index is 0.887. The van der Waals surface area contributed by atoms with Crippen LogP contribution in [0.5, 0.6) is 0 Å². The monoisotopic (exact) mass is 166 g/mol. The molecule has 0 spiro atoms. The van der Waals surface area contributed by atoms with Crippen LogP contribution in [-0.2, 0) is 6.54 Å². The van der Waals surface area contributed by atoms with Crippen molar-refractivity contribution in [2.75, 3.05) is 21.1 Å². The summed E-state index contributed by atoms with van der Waals surface area (Å²) in [5.41, 5.74) is 2.02. The summed E-state index contributed by atoms with van der Waals surface area (Å²) in [5, 5.41) is 8.10. The molecule has 0 aliphatic heterocycles. The molecule has 0 radical (unpaired) electrons. The van der Waals surface area contributed by atoms with E-state index in [9.17, 15) is 0 Å². The lowest BCUT2D eigenvalue weighted by atomic mass is 10.3. The van der Waals surface area contributed by atoms with Gasteiger partial charge in [0.05, 0.1) is 26.8 Å². The molecule has 0 bridgehead atoms. The summed E-state index contributed by atoms with van der Waals surface area (Å²) in [4.78, 5) is 0. The normalized spacial score (nSPS) is 11.7. The molecule has 0 saturated carbocycles. The molecular formula is C9H16N3+.